The highest BCUT2D eigenvalue weighted by molar-refractivity contribution is 9.10. The molecule has 0 heterocycles. The van der Waals surface area contributed by atoms with Crippen molar-refractivity contribution >= 4 is 33.5 Å². The minimum Gasteiger partial charge on any atom is -0.481 e. The van der Waals surface area contributed by atoms with E-state index in [0.717, 1.165) is 23.0 Å². The molecule has 1 saturated carbocycles. The van der Waals surface area contributed by atoms with Gasteiger partial charge in [-0.15, -0.1) is 0 Å². The first-order chi connectivity index (χ1) is 10.0. The van der Waals surface area contributed by atoms with Crippen LogP contribution in [0.2, 0.25) is 0 Å². The Morgan fingerprint density at radius 1 is 1.14 bits per heavy atom. The molecular formula is C15H19BrN2O3. The predicted molar refractivity (Wildman–Crippen MR) is 84.2 cm³/mol. The lowest BCUT2D eigenvalue weighted by Crippen LogP contribution is -2.39. The molecule has 1 amide bonds. The Morgan fingerprint density at radius 2 is 1.76 bits per heavy atom. The number of carbonyl (C=O) groups is 2. The lowest BCUT2D eigenvalue weighted by atomic mass is 9.86. The molecule has 5 nitrogen and oxygen atoms in total. The van der Waals surface area contributed by atoms with E-state index in [1.165, 1.54) is 0 Å². The molecule has 0 spiro atoms. The molecule has 1 fully saturated rings. The fourth-order valence-electron chi connectivity index (χ4n) is 2.52. The van der Waals surface area contributed by atoms with E-state index >= 15 is 0 Å². The monoisotopic (exact) mass is 354 g/mol. The van der Waals surface area contributed by atoms with Crippen LogP contribution >= 0.6 is 15.9 Å². The summed E-state index contributed by atoms with van der Waals surface area (Å²) in [4.78, 5) is 22.7. The molecule has 114 valence electrons. The lowest BCUT2D eigenvalue weighted by Gasteiger charge is -2.26. The van der Waals surface area contributed by atoms with Gasteiger partial charge in [0.15, 0.2) is 0 Å². The number of hydrogen-bond acceptors (Lipinski definition) is 3. The number of nitrogens with one attached hydrogen (secondary N) is 2. The molecule has 3 N–H and O–H groups in total. The standard InChI is InChI=1S/C15H19BrN2O3/c16-11-3-7-13(8-4-11)18-14(19)9-17-12-5-1-10(2-6-12)15(20)21/h3-4,7-8,10,12,17H,1-2,5-6,9H2,(H,18,19)(H,20,21). The Kier molecular flexibility index (Phi) is 5.76. The van der Waals surface area contributed by atoms with Crippen molar-refractivity contribution in [2.75, 3.05) is 11.9 Å². The summed E-state index contributed by atoms with van der Waals surface area (Å²) >= 11 is 3.34. The Balaban J connectivity index is 1.70. The third kappa shape index (κ3) is 5.13. The maximum atomic E-state index is 11.8. The summed E-state index contributed by atoms with van der Waals surface area (Å²) in [6, 6.07) is 7.64. The van der Waals surface area contributed by atoms with Crippen LogP contribution in [0, 0.1) is 5.92 Å². The molecule has 6 heteroatoms. The SMILES string of the molecule is O=C(CNC1CCC(C(=O)O)CC1)Nc1ccc(Br)cc1. The number of aliphatic carboxylic acids is 1. The van der Waals surface area contributed by atoms with Gasteiger partial charge in [-0.25, -0.2) is 0 Å². The van der Waals surface area contributed by atoms with Crippen LogP contribution < -0.4 is 10.6 Å². The number of carbonyl (C=O) groups excluding carboxylic acids is 1. The molecule has 1 aliphatic carbocycles. The second-order valence-corrected chi connectivity index (χ2v) is 6.24. The Hall–Kier alpha value is -1.40. The topological polar surface area (TPSA) is 78.4 Å². The van der Waals surface area contributed by atoms with Gasteiger partial charge in [0.05, 0.1) is 12.5 Å². The van der Waals surface area contributed by atoms with E-state index in [9.17, 15) is 9.59 Å². The first kappa shape index (κ1) is 16.0. The number of carboxylic acid groups (broad SMARTS) is 1. The van der Waals surface area contributed by atoms with Crippen molar-refractivity contribution in [2.45, 2.75) is 31.7 Å². The molecule has 1 aliphatic rings. The highest BCUT2D eigenvalue weighted by atomic mass is 79.9. The summed E-state index contributed by atoms with van der Waals surface area (Å²) in [6.45, 7) is 0.248. The quantitative estimate of drug-likeness (QED) is 0.759. The van der Waals surface area contributed by atoms with Gasteiger partial charge in [-0.2, -0.15) is 0 Å². The van der Waals surface area contributed by atoms with E-state index in [2.05, 4.69) is 26.6 Å². The second-order valence-electron chi connectivity index (χ2n) is 5.32. The summed E-state index contributed by atoms with van der Waals surface area (Å²) in [5.41, 5.74) is 0.764. The molecular weight excluding hydrogens is 336 g/mol. The van der Waals surface area contributed by atoms with Crippen LogP contribution in [0.25, 0.3) is 0 Å². The van der Waals surface area contributed by atoms with Crippen LogP contribution in [0.1, 0.15) is 25.7 Å². The molecule has 21 heavy (non-hydrogen) atoms. The van der Waals surface area contributed by atoms with Crippen molar-refractivity contribution in [1.29, 1.82) is 0 Å². The van der Waals surface area contributed by atoms with Gasteiger partial charge in [0.1, 0.15) is 0 Å². The van der Waals surface area contributed by atoms with Crippen molar-refractivity contribution in [3.8, 4) is 0 Å². The normalized spacial score (nSPS) is 21.8. The van der Waals surface area contributed by atoms with E-state index < -0.39 is 5.97 Å². The average molecular weight is 355 g/mol. The van der Waals surface area contributed by atoms with Gasteiger partial charge < -0.3 is 15.7 Å². The predicted octanol–water partition coefficient (Wildman–Crippen LogP) is 2.62. The van der Waals surface area contributed by atoms with Gasteiger partial charge in [-0.1, -0.05) is 15.9 Å². The van der Waals surface area contributed by atoms with E-state index in [1.807, 2.05) is 24.3 Å². The van der Waals surface area contributed by atoms with Crippen molar-refractivity contribution in [3.63, 3.8) is 0 Å². The van der Waals surface area contributed by atoms with Crippen LogP contribution in [-0.4, -0.2) is 29.6 Å². The highest BCUT2D eigenvalue weighted by Gasteiger charge is 2.25. The zero-order chi connectivity index (χ0) is 15.2. The van der Waals surface area contributed by atoms with Gasteiger partial charge in [-0.05, 0) is 49.9 Å². The minimum atomic E-state index is -0.707. The first-order valence-electron chi connectivity index (χ1n) is 7.06. The maximum absolute atomic E-state index is 11.8. The summed E-state index contributed by atoms with van der Waals surface area (Å²) in [5, 5.41) is 15.0. The molecule has 0 unspecified atom stereocenters. The van der Waals surface area contributed by atoms with Gasteiger partial charge in [-0.3, -0.25) is 9.59 Å². The van der Waals surface area contributed by atoms with Gasteiger partial charge >= 0.3 is 5.97 Å². The van der Waals surface area contributed by atoms with E-state index in [-0.39, 0.29) is 24.4 Å². The summed E-state index contributed by atoms with van der Waals surface area (Å²) in [5.74, 6) is -1.02. The van der Waals surface area contributed by atoms with Gasteiger partial charge in [0, 0.05) is 16.2 Å². The van der Waals surface area contributed by atoms with E-state index in [1.54, 1.807) is 0 Å². The highest BCUT2D eigenvalue weighted by Crippen LogP contribution is 2.24. The molecule has 1 aromatic rings. The van der Waals surface area contributed by atoms with Gasteiger partial charge in [0.2, 0.25) is 5.91 Å². The van der Waals surface area contributed by atoms with Crippen molar-refractivity contribution in [3.05, 3.63) is 28.7 Å². The van der Waals surface area contributed by atoms with Crippen LogP contribution in [0.3, 0.4) is 0 Å². The van der Waals surface area contributed by atoms with Crippen LogP contribution in [0.15, 0.2) is 28.7 Å². The van der Waals surface area contributed by atoms with Gasteiger partial charge in [0.25, 0.3) is 0 Å². The molecule has 0 aliphatic heterocycles. The van der Waals surface area contributed by atoms with E-state index in [0.29, 0.717) is 12.8 Å². The molecule has 0 bridgehead atoms. The fraction of sp³-hybridized carbons (Fsp3) is 0.467. The summed E-state index contributed by atoms with van der Waals surface area (Å²) in [6.07, 6.45) is 2.98. The minimum absolute atomic E-state index is 0.0855. The molecule has 0 radical (unpaired) electrons. The zero-order valence-electron chi connectivity index (χ0n) is 11.6. The summed E-state index contributed by atoms with van der Waals surface area (Å²) in [7, 11) is 0. The molecule has 2 rings (SSSR count). The molecule has 0 aromatic heterocycles. The van der Waals surface area contributed by atoms with Crippen LogP contribution in [-0.2, 0) is 9.59 Å². The third-order valence-corrected chi connectivity index (χ3v) is 4.28. The average Bonchev–Trinajstić information content (AvgIpc) is 2.48. The van der Waals surface area contributed by atoms with Crippen molar-refractivity contribution in [2.24, 2.45) is 5.92 Å². The first-order valence-corrected chi connectivity index (χ1v) is 7.85. The number of rotatable bonds is 5. The number of benzene rings is 1. The Bertz CT molecular complexity index is 496. The second kappa shape index (κ2) is 7.56. The largest absolute Gasteiger partial charge is 0.481 e. The Labute approximate surface area is 132 Å². The van der Waals surface area contributed by atoms with Crippen molar-refractivity contribution in [1.82, 2.24) is 5.32 Å². The zero-order valence-corrected chi connectivity index (χ0v) is 13.2. The van der Waals surface area contributed by atoms with E-state index in [4.69, 9.17) is 5.11 Å². The summed E-state index contributed by atoms with van der Waals surface area (Å²) < 4.78 is 0.966. The third-order valence-electron chi connectivity index (χ3n) is 3.76. The Morgan fingerprint density at radius 3 is 2.33 bits per heavy atom. The van der Waals surface area contributed by atoms with Crippen molar-refractivity contribution < 1.29 is 14.7 Å². The number of amides is 1. The molecule has 0 atom stereocenters. The van der Waals surface area contributed by atoms with Crippen LogP contribution in [0.4, 0.5) is 5.69 Å². The smallest absolute Gasteiger partial charge is 0.306 e. The van der Waals surface area contributed by atoms with Crippen LogP contribution in [0.5, 0.6) is 0 Å². The number of anilines is 1. The fourth-order valence-corrected chi connectivity index (χ4v) is 2.78. The maximum Gasteiger partial charge on any atom is 0.306 e. The number of hydrogen-bond donors (Lipinski definition) is 3. The number of halogens is 1. The number of carboxylic acids is 1. The molecule has 1 aromatic carbocycles. The lowest BCUT2D eigenvalue weighted by molar-refractivity contribution is -0.143. The molecule has 0 saturated heterocycles.